The Bertz CT molecular complexity index is 157. The molecule has 1 fully saturated rings. The Balaban J connectivity index is 2.29. The van der Waals surface area contributed by atoms with E-state index in [0.29, 0.717) is 5.41 Å². The van der Waals surface area contributed by atoms with Crippen LogP contribution in [0, 0.1) is 11.3 Å². The largest absolute Gasteiger partial charge is 0.316 e. The minimum absolute atomic E-state index is 0.672. The smallest absolute Gasteiger partial charge is 0.000792 e. The Labute approximate surface area is 96.0 Å². The summed E-state index contributed by atoms with van der Waals surface area (Å²) in [5.41, 5.74) is 0.672. The van der Waals surface area contributed by atoms with Crippen LogP contribution in [-0.2, 0) is 0 Å². The first kappa shape index (κ1) is 13.0. The van der Waals surface area contributed by atoms with Gasteiger partial charge in [0.25, 0.3) is 0 Å². The van der Waals surface area contributed by atoms with E-state index in [2.05, 4.69) is 26.1 Å². The Hall–Kier alpha value is -0.0400. The molecule has 0 heterocycles. The van der Waals surface area contributed by atoms with Crippen LogP contribution >= 0.6 is 0 Å². The topological polar surface area (TPSA) is 12.0 Å². The van der Waals surface area contributed by atoms with Crippen LogP contribution in [0.3, 0.4) is 0 Å². The summed E-state index contributed by atoms with van der Waals surface area (Å²) in [6.07, 6.45) is 10.1. The highest BCUT2D eigenvalue weighted by molar-refractivity contribution is 4.86. The fourth-order valence-electron chi connectivity index (χ4n) is 2.82. The first-order valence-corrected chi connectivity index (χ1v) is 6.89. The summed E-state index contributed by atoms with van der Waals surface area (Å²) >= 11 is 0. The van der Waals surface area contributed by atoms with Crippen molar-refractivity contribution in [1.82, 2.24) is 5.32 Å². The molecule has 1 aliphatic rings. The van der Waals surface area contributed by atoms with Gasteiger partial charge in [0.1, 0.15) is 0 Å². The third-order valence-electron chi connectivity index (χ3n) is 3.78. The van der Waals surface area contributed by atoms with Crippen molar-refractivity contribution in [2.75, 3.05) is 13.1 Å². The minimum atomic E-state index is 0.672. The van der Waals surface area contributed by atoms with Gasteiger partial charge in [-0.2, -0.15) is 0 Å². The average molecular weight is 211 g/mol. The van der Waals surface area contributed by atoms with Gasteiger partial charge in [-0.25, -0.2) is 0 Å². The second-order valence-corrected chi connectivity index (χ2v) is 5.84. The zero-order valence-corrected chi connectivity index (χ0v) is 10.9. The predicted octanol–water partition coefficient (Wildman–Crippen LogP) is 3.98. The molecule has 1 nitrogen and oxygen atoms in total. The molecule has 0 saturated heterocycles. The van der Waals surface area contributed by atoms with E-state index in [0.717, 1.165) is 5.92 Å². The van der Waals surface area contributed by atoms with Crippen molar-refractivity contribution in [3.63, 3.8) is 0 Å². The van der Waals surface area contributed by atoms with E-state index in [1.54, 1.807) is 0 Å². The number of hydrogen-bond acceptors (Lipinski definition) is 1. The van der Waals surface area contributed by atoms with Crippen molar-refractivity contribution >= 4 is 0 Å². The van der Waals surface area contributed by atoms with Crippen LogP contribution in [-0.4, -0.2) is 13.1 Å². The molecular weight excluding hydrogens is 182 g/mol. The van der Waals surface area contributed by atoms with Crippen molar-refractivity contribution in [2.24, 2.45) is 11.3 Å². The standard InChI is InChI=1S/C14H29N/c1-4-5-8-14(9-6-7-10-14)12-15-11-13(2)3/h13,15H,4-12H2,1-3H3. The first-order valence-electron chi connectivity index (χ1n) is 6.89. The van der Waals surface area contributed by atoms with Gasteiger partial charge >= 0.3 is 0 Å². The third kappa shape index (κ3) is 4.55. The van der Waals surface area contributed by atoms with Crippen LogP contribution in [0.25, 0.3) is 0 Å². The summed E-state index contributed by atoms with van der Waals surface area (Å²) < 4.78 is 0. The Morgan fingerprint density at radius 2 is 1.87 bits per heavy atom. The molecule has 1 rings (SSSR count). The molecule has 0 aromatic heterocycles. The number of nitrogens with one attached hydrogen (secondary N) is 1. The van der Waals surface area contributed by atoms with E-state index in [9.17, 15) is 0 Å². The van der Waals surface area contributed by atoms with Crippen LogP contribution in [0.15, 0.2) is 0 Å². The molecule has 1 heteroatoms. The Morgan fingerprint density at radius 1 is 1.20 bits per heavy atom. The van der Waals surface area contributed by atoms with Crippen LogP contribution in [0.1, 0.15) is 65.7 Å². The molecule has 0 spiro atoms. The van der Waals surface area contributed by atoms with E-state index < -0.39 is 0 Å². The van der Waals surface area contributed by atoms with Crippen LogP contribution in [0.2, 0.25) is 0 Å². The molecule has 0 amide bonds. The second kappa shape index (κ2) is 6.52. The van der Waals surface area contributed by atoms with Gasteiger partial charge in [-0.05, 0) is 37.1 Å². The summed E-state index contributed by atoms with van der Waals surface area (Å²) in [4.78, 5) is 0. The van der Waals surface area contributed by atoms with Gasteiger partial charge in [-0.3, -0.25) is 0 Å². The molecule has 0 aromatic carbocycles. The van der Waals surface area contributed by atoms with Crippen molar-refractivity contribution in [3.05, 3.63) is 0 Å². The summed E-state index contributed by atoms with van der Waals surface area (Å²) in [6.45, 7) is 9.35. The number of hydrogen-bond donors (Lipinski definition) is 1. The van der Waals surface area contributed by atoms with Gasteiger partial charge in [0.15, 0.2) is 0 Å². The zero-order valence-electron chi connectivity index (χ0n) is 10.9. The molecule has 90 valence electrons. The van der Waals surface area contributed by atoms with Gasteiger partial charge in [0.2, 0.25) is 0 Å². The van der Waals surface area contributed by atoms with Crippen LogP contribution < -0.4 is 5.32 Å². The van der Waals surface area contributed by atoms with Crippen molar-refractivity contribution in [2.45, 2.75) is 65.7 Å². The SMILES string of the molecule is CCCCC1(CNCC(C)C)CCCC1. The maximum absolute atomic E-state index is 3.68. The highest BCUT2D eigenvalue weighted by atomic mass is 14.9. The monoisotopic (exact) mass is 211 g/mol. The molecule has 0 radical (unpaired) electrons. The quantitative estimate of drug-likeness (QED) is 0.671. The predicted molar refractivity (Wildman–Crippen MR) is 68.1 cm³/mol. The molecule has 15 heavy (non-hydrogen) atoms. The van der Waals surface area contributed by atoms with E-state index in [1.807, 2.05) is 0 Å². The van der Waals surface area contributed by atoms with Gasteiger partial charge < -0.3 is 5.32 Å². The fraction of sp³-hybridized carbons (Fsp3) is 1.00. The molecular formula is C14H29N. The first-order chi connectivity index (χ1) is 7.18. The second-order valence-electron chi connectivity index (χ2n) is 5.84. The normalized spacial score (nSPS) is 20.0. The lowest BCUT2D eigenvalue weighted by Gasteiger charge is -2.29. The summed E-state index contributed by atoms with van der Waals surface area (Å²) in [6, 6.07) is 0. The van der Waals surface area contributed by atoms with E-state index >= 15 is 0 Å². The molecule has 0 bridgehead atoms. The molecule has 0 atom stereocenters. The average Bonchev–Trinajstić information content (AvgIpc) is 2.64. The summed E-state index contributed by atoms with van der Waals surface area (Å²) in [7, 11) is 0. The van der Waals surface area contributed by atoms with E-state index in [4.69, 9.17) is 0 Å². The lowest BCUT2D eigenvalue weighted by molar-refractivity contribution is 0.246. The van der Waals surface area contributed by atoms with Crippen molar-refractivity contribution < 1.29 is 0 Å². The molecule has 0 unspecified atom stereocenters. The molecule has 1 saturated carbocycles. The van der Waals surface area contributed by atoms with E-state index in [-0.39, 0.29) is 0 Å². The Morgan fingerprint density at radius 3 is 2.40 bits per heavy atom. The summed E-state index contributed by atoms with van der Waals surface area (Å²) in [5, 5.41) is 3.68. The fourth-order valence-corrected chi connectivity index (χ4v) is 2.82. The molecule has 0 aromatic rings. The Kier molecular flexibility index (Phi) is 5.66. The highest BCUT2D eigenvalue weighted by Gasteiger charge is 2.32. The van der Waals surface area contributed by atoms with Crippen molar-refractivity contribution in [3.8, 4) is 0 Å². The summed E-state index contributed by atoms with van der Waals surface area (Å²) in [5.74, 6) is 0.787. The maximum atomic E-state index is 3.68. The maximum Gasteiger partial charge on any atom is 0.000792 e. The third-order valence-corrected chi connectivity index (χ3v) is 3.78. The number of rotatable bonds is 7. The van der Waals surface area contributed by atoms with Crippen LogP contribution in [0.5, 0.6) is 0 Å². The van der Waals surface area contributed by atoms with Crippen molar-refractivity contribution in [1.29, 1.82) is 0 Å². The van der Waals surface area contributed by atoms with E-state index in [1.165, 1.54) is 58.0 Å². The van der Waals surface area contributed by atoms with Crippen LogP contribution in [0.4, 0.5) is 0 Å². The molecule has 0 aliphatic heterocycles. The highest BCUT2D eigenvalue weighted by Crippen LogP contribution is 2.41. The molecule has 1 aliphatic carbocycles. The number of unbranched alkanes of at least 4 members (excludes halogenated alkanes) is 1. The van der Waals surface area contributed by atoms with Gasteiger partial charge in [0, 0.05) is 6.54 Å². The van der Waals surface area contributed by atoms with Gasteiger partial charge in [-0.15, -0.1) is 0 Å². The zero-order chi connectivity index (χ0) is 11.1. The molecule has 1 N–H and O–H groups in total. The minimum Gasteiger partial charge on any atom is -0.316 e. The lowest BCUT2D eigenvalue weighted by atomic mass is 9.81. The lowest BCUT2D eigenvalue weighted by Crippen LogP contribution is -2.34. The van der Waals surface area contributed by atoms with Gasteiger partial charge in [0.05, 0.1) is 0 Å². The van der Waals surface area contributed by atoms with Gasteiger partial charge in [-0.1, -0.05) is 46.5 Å².